The molecule has 1 saturated heterocycles. The maximum absolute atomic E-state index is 12.1. The molecule has 0 spiro atoms. The Hall–Kier alpha value is -1.11. The van der Waals surface area contributed by atoms with Gasteiger partial charge in [-0.3, -0.25) is 9.00 Å². The first kappa shape index (κ1) is 17.9. The van der Waals surface area contributed by atoms with E-state index in [9.17, 15) is 18.9 Å². The molecule has 1 aliphatic heterocycles. The third-order valence-corrected chi connectivity index (χ3v) is 5.59. The van der Waals surface area contributed by atoms with Crippen molar-refractivity contribution in [1.82, 2.24) is 10.2 Å². The number of carboxylic acid groups (broad SMARTS) is 1. The van der Waals surface area contributed by atoms with Crippen LogP contribution in [0.15, 0.2) is 0 Å². The molecular weight excluding hydrogens is 292 g/mol. The molecule has 2 N–H and O–H groups in total. The summed E-state index contributed by atoms with van der Waals surface area (Å²) < 4.78 is 11.2. The van der Waals surface area contributed by atoms with E-state index < -0.39 is 22.2 Å². The fourth-order valence-electron chi connectivity index (χ4n) is 2.67. The zero-order chi connectivity index (χ0) is 16.0. The summed E-state index contributed by atoms with van der Waals surface area (Å²) in [5, 5.41) is 12.2. The highest BCUT2D eigenvalue weighted by Crippen LogP contribution is 2.35. The van der Waals surface area contributed by atoms with Gasteiger partial charge in [0.2, 0.25) is 0 Å². The summed E-state index contributed by atoms with van der Waals surface area (Å²) in [7, 11) is -0.891. The number of carbonyl (C=O) groups is 2. The molecule has 2 amide bonds. The van der Waals surface area contributed by atoms with Crippen LogP contribution in [0.25, 0.3) is 0 Å². The van der Waals surface area contributed by atoms with E-state index in [2.05, 4.69) is 5.32 Å². The van der Waals surface area contributed by atoms with Crippen molar-refractivity contribution in [3.05, 3.63) is 0 Å². The summed E-state index contributed by atoms with van der Waals surface area (Å²) >= 11 is 0. The second-order valence-corrected chi connectivity index (χ2v) is 7.64. The quantitative estimate of drug-likeness (QED) is 0.743. The largest absolute Gasteiger partial charge is 0.481 e. The van der Waals surface area contributed by atoms with Gasteiger partial charge in [-0.1, -0.05) is 20.3 Å². The first-order valence-corrected chi connectivity index (χ1v) is 9.03. The van der Waals surface area contributed by atoms with Gasteiger partial charge < -0.3 is 15.3 Å². The minimum absolute atomic E-state index is 0.0436. The summed E-state index contributed by atoms with van der Waals surface area (Å²) in [5.74, 6) is -0.811. The molecule has 0 aliphatic carbocycles. The lowest BCUT2D eigenvalue weighted by Gasteiger charge is -2.24. The predicted molar refractivity (Wildman–Crippen MR) is 82.7 cm³/mol. The molecule has 0 aromatic heterocycles. The summed E-state index contributed by atoms with van der Waals surface area (Å²) in [6, 6.07) is -0.219. The summed E-state index contributed by atoms with van der Waals surface area (Å²) in [6.07, 6.45) is 4.21. The van der Waals surface area contributed by atoms with Gasteiger partial charge in [-0.15, -0.1) is 0 Å². The van der Waals surface area contributed by atoms with Gasteiger partial charge in [-0.2, -0.15) is 0 Å². The Labute approximate surface area is 128 Å². The molecule has 1 rings (SSSR count). The van der Waals surface area contributed by atoms with Gasteiger partial charge >= 0.3 is 12.0 Å². The number of nitrogens with zero attached hydrogens (tertiary/aromatic N) is 1. The summed E-state index contributed by atoms with van der Waals surface area (Å²) in [6.45, 7) is 5.06. The molecule has 21 heavy (non-hydrogen) atoms. The van der Waals surface area contributed by atoms with Gasteiger partial charge in [-0.05, 0) is 19.3 Å². The number of hydrogen-bond donors (Lipinski definition) is 2. The monoisotopic (exact) mass is 318 g/mol. The molecule has 0 aromatic rings. The molecule has 122 valence electrons. The summed E-state index contributed by atoms with van der Waals surface area (Å²) in [5.41, 5.74) is -0.787. The van der Waals surface area contributed by atoms with E-state index in [1.54, 1.807) is 11.2 Å². The molecule has 0 radical (unpaired) electrons. The van der Waals surface area contributed by atoms with E-state index in [-0.39, 0.29) is 17.8 Å². The molecular formula is C14H26N2O4S. The third kappa shape index (κ3) is 4.69. The number of amides is 2. The van der Waals surface area contributed by atoms with Crippen LogP contribution in [0, 0.1) is 5.41 Å². The number of hydrogen-bond acceptors (Lipinski definition) is 3. The van der Waals surface area contributed by atoms with Crippen LogP contribution in [0.5, 0.6) is 0 Å². The molecule has 0 bridgehead atoms. The molecule has 6 nitrogen and oxygen atoms in total. The van der Waals surface area contributed by atoms with Crippen molar-refractivity contribution in [3.63, 3.8) is 0 Å². The van der Waals surface area contributed by atoms with E-state index >= 15 is 0 Å². The van der Waals surface area contributed by atoms with Crippen LogP contribution in [0.3, 0.4) is 0 Å². The Kier molecular flexibility index (Phi) is 6.64. The molecule has 1 heterocycles. The zero-order valence-corrected chi connectivity index (χ0v) is 13.9. The number of nitrogens with one attached hydrogen (secondary N) is 1. The lowest BCUT2D eigenvalue weighted by Crippen LogP contribution is -2.42. The van der Waals surface area contributed by atoms with Gasteiger partial charge in [0.05, 0.1) is 5.41 Å². The van der Waals surface area contributed by atoms with Gasteiger partial charge in [-0.25, -0.2) is 4.79 Å². The maximum Gasteiger partial charge on any atom is 0.317 e. The number of urea groups is 1. The topological polar surface area (TPSA) is 86.7 Å². The Morgan fingerprint density at radius 2 is 2.14 bits per heavy atom. The van der Waals surface area contributed by atoms with E-state index in [4.69, 9.17) is 0 Å². The predicted octanol–water partition coefficient (Wildman–Crippen LogP) is 1.43. The average molecular weight is 318 g/mol. The first-order chi connectivity index (χ1) is 9.82. The fraction of sp³-hybridized carbons (Fsp3) is 0.857. The van der Waals surface area contributed by atoms with Gasteiger partial charge in [0.1, 0.15) is 0 Å². The van der Waals surface area contributed by atoms with E-state index in [0.717, 1.165) is 6.42 Å². The van der Waals surface area contributed by atoms with Gasteiger partial charge in [0, 0.05) is 41.9 Å². The Morgan fingerprint density at radius 3 is 2.67 bits per heavy atom. The van der Waals surface area contributed by atoms with E-state index in [1.165, 1.54) is 0 Å². The van der Waals surface area contributed by atoms with Crippen LogP contribution in [0.4, 0.5) is 4.79 Å². The highest BCUT2D eigenvalue weighted by Gasteiger charge is 2.45. The molecule has 3 unspecified atom stereocenters. The highest BCUT2D eigenvalue weighted by molar-refractivity contribution is 7.84. The standard InChI is InChI=1S/C14H26N2O4S/c1-4-6-14(12(17)18)7-9-16(10-14)13(19)15-8-5-11(2)21(3)20/h11H,4-10H2,1-3H3,(H,15,19)(H,17,18). The van der Waals surface area contributed by atoms with Crippen LogP contribution in [0.2, 0.25) is 0 Å². The minimum Gasteiger partial charge on any atom is -0.481 e. The lowest BCUT2D eigenvalue weighted by molar-refractivity contribution is -0.148. The van der Waals surface area contributed by atoms with E-state index in [1.807, 2.05) is 13.8 Å². The fourth-order valence-corrected chi connectivity index (χ4v) is 3.12. The number of aliphatic carboxylic acids is 1. The average Bonchev–Trinajstić information content (AvgIpc) is 2.84. The molecule has 7 heteroatoms. The maximum atomic E-state index is 12.1. The van der Waals surface area contributed by atoms with Gasteiger partial charge in [0.15, 0.2) is 0 Å². The number of carboxylic acids is 1. The van der Waals surface area contributed by atoms with Crippen molar-refractivity contribution in [2.45, 2.75) is 44.8 Å². The molecule has 0 saturated carbocycles. The number of likely N-dealkylation sites (tertiary alicyclic amines) is 1. The van der Waals surface area contributed by atoms with Crippen LogP contribution in [-0.4, -0.2) is 57.4 Å². The summed E-state index contributed by atoms with van der Waals surface area (Å²) in [4.78, 5) is 25.1. The minimum atomic E-state index is -0.891. The SMILES string of the molecule is CCCC1(C(=O)O)CCN(C(=O)NCCC(C)S(C)=O)C1. The highest BCUT2D eigenvalue weighted by atomic mass is 32.2. The van der Waals surface area contributed by atoms with Crippen LogP contribution in [-0.2, 0) is 15.6 Å². The molecule has 3 atom stereocenters. The van der Waals surface area contributed by atoms with E-state index in [0.29, 0.717) is 32.4 Å². The lowest BCUT2D eigenvalue weighted by atomic mass is 9.83. The van der Waals surface area contributed by atoms with Crippen molar-refractivity contribution in [2.75, 3.05) is 25.9 Å². The van der Waals surface area contributed by atoms with Crippen molar-refractivity contribution in [2.24, 2.45) is 5.41 Å². The van der Waals surface area contributed by atoms with Crippen LogP contribution >= 0.6 is 0 Å². The number of carbonyl (C=O) groups excluding carboxylic acids is 1. The Morgan fingerprint density at radius 1 is 1.48 bits per heavy atom. The Bertz CT molecular complexity index is 416. The van der Waals surface area contributed by atoms with Crippen molar-refractivity contribution in [3.8, 4) is 0 Å². The van der Waals surface area contributed by atoms with Crippen molar-refractivity contribution >= 4 is 22.8 Å². The second-order valence-electron chi connectivity index (χ2n) is 5.84. The zero-order valence-electron chi connectivity index (χ0n) is 13.1. The normalized spacial score (nSPS) is 24.6. The van der Waals surface area contributed by atoms with Gasteiger partial charge in [0.25, 0.3) is 0 Å². The smallest absolute Gasteiger partial charge is 0.317 e. The first-order valence-electron chi connectivity index (χ1n) is 7.41. The van der Waals surface area contributed by atoms with Crippen molar-refractivity contribution in [1.29, 1.82) is 0 Å². The molecule has 1 aliphatic rings. The van der Waals surface area contributed by atoms with Crippen LogP contribution < -0.4 is 5.32 Å². The molecule has 0 aromatic carbocycles. The Balaban J connectivity index is 2.46. The van der Waals surface area contributed by atoms with Crippen LogP contribution in [0.1, 0.15) is 39.5 Å². The molecule has 1 fully saturated rings. The third-order valence-electron chi connectivity index (χ3n) is 4.22. The second kappa shape index (κ2) is 7.77. The number of rotatable bonds is 7. The van der Waals surface area contributed by atoms with Crippen molar-refractivity contribution < 1.29 is 18.9 Å².